The molecule has 0 unspecified atom stereocenters. The van der Waals surface area contributed by atoms with Crippen LogP contribution >= 0.6 is 0 Å². The number of aromatic nitrogens is 1. The third-order valence-electron chi connectivity index (χ3n) is 2.17. The number of rotatable bonds is 3. The number of ether oxygens (including phenoxy) is 1. The second kappa shape index (κ2) is 5.45. The molecule has 0 saturated carbocycles. The maximum Gasteiger partial charge on any atom is 0.417 e. The Kier molecular flexibility index (Phi) is 4.38. The number of methoxy groups -OCH3 is 1. The fourth-order valence-electron chi connectivity index (χ4n) is 1.40. The number of esters is 1. The Morgan fingerprint density at radius 3 is 2.42 bits per heavy atom. The molecule has 9 heteroatoms. The molecule has 0 spiro atoms. The molecule has 106 valence electrons. The van der Waals surface area contributed by atoms with Crippen molar-refractivity contribution < 1.29 is 35.9 Å². The number of carbonyl (C=O) groups is 1. The lowest BCUT2D eigenvalue weighted by atomic mass is 10.0. The zero-order chi connectivity index (χ0) is 14.8. The lowest BCUT2D eigenvalue weighted by Crippen LogP contribution is -2.17. The number of alkyl halides is 5. The van der Waals surface area contributed by atoms with E-state index in [1.165, 1.54) is 0 Å². The molecule has 1 heterocycles. The number of halogens is 6. The van der Waals surface area contributed by atoms with E-state index in [4.69, 9.17) is 0 Å². The van der Waals surface area contributed by atoms with Crippen LogP contribution in [0, 0.1) is 5.95 Å². The molecule has 0 amide bonds. The fourth-order valence-corrected chi connectivity index (χ4v) is 1.40. The van der Waals surface area contributed by atoms with Gasteiger partial charge in [-0.05, 0) is 0 Å². The first-order valence-electron chi connectivity index (χ1n) is 4.78. The molecule has 0 fully saturated rings. The van der Waals surface area contributed by atoms with Gasteiger partial charge in [0.25, 0.3) is 6.43 Å². The molecule has 3 nitrogen and oxygen atoms in total. The molecule has 1 aromatic heterocycles. The summed E-state index contributed by atoms with van der Waals surface area (Å²) in [6.07, 6.45) is -9.71. The summed E-state index contributed by atoms with van der Waals surface area (Å²) in [6.45, 7) is 0. The summed E-state index contributed by atoms with van der Waals surface area (Å²) in [7, 11) is 0.911. The lowest BCUT2D eigenvalue weighted by Gasteiger charge is -2.15. The molecule has 1 rings (SSSR count). The fraction of sp³-hybridized carbons (Fsp3) is 0.400. The van der Waals surface area contributed by atoms with Crippen molar-refractivity contribution in [2.24, 2.45) is 0 Å². The first kappa shape index (κ1) is 15.3. The van der Waals surface area contributed by atoms with Gasteiger partial charge in [-0.1, -0.05) is 0 Å². The third-order valence-corrected chi connectivity index (χ3v) is 2.17. The van der Waals surface area contributed by atoms with Crippen LogP contribution in [0.4, 0.5) is 26.3 Å². The summed E-state index contributed by atoms with van der Waals surface area (Å²) in [5.74, 6) is -2.70. The first-order valence-corrected chi connectivity index (χ1v) is 4.78. The Balaban J connectivity index is 3.45. The van der Waals surface area contributed by atoms with Gasteiger partial charge in [0.15, 0.2) is 0 Å². The summed E-state index contributed by atoms with van der Waals surface area (Å²) in [5, 5.41) is 0. The lowest BCUT2D eigenvalue weighted by molar-refractivity contribution is -0.142. The molecule has 0 bridgehead atoms. The molecule has 0 aliphatic carbocycles. The van der Waals surface area contributed by atoms with Crippen LogP contribution in [0.2, 0.25) is 0 Å². The number of carbonyl (C=O) groups excluding carboxylic acids is 1. The van der Waals surface area contributed by atoms with Crippen LogP contribution in [0.3, 0.4) is 0 Å². The van der Waals surface area contributed by atoms with Gasteiger partial charge in [-0.3, -0.25) is 4.79 Å². The standard InChI is InChI=1S/C10H7F6NO2/c1-19-7(18)3-5-8(9(12)13)4(10(14,15)16)2-6(11)17-5/h2,9H,3H2,1H3. The average Bonchev–Trinajstić information content (AvgIpc) is 2.26. The molecule has 0 radical (unpaired) electrons. The van der Waals surface area contributed by atoms with Gasteiger partial charge in [-0.25, -0.2) is 13.8 Å². The van der Waals surface area contributed by atoms with E-state index in [-0.39, 0.29) is 6.07 Å². The van der Waals surface area contributed by atoms with Crippen molar-refractivity contribution in [1.82, 2.24) is 4.98 Å². The van der Waals surface area contributed by atoms with E-state index in [0.717, 1.165) is 7.11 Å². The highest BCUT2D eigenvalue weighted by molar-refractivity contribution is 5.72. The second-order valence-electron chi connectivity index (χ2n) is 3.40. The van der Waals surface area contributed by atoms with E-state index in [0.29, 0.717) is 0 Å². The predicted octanol–water partition coefficient (Wildman–Crippen LogP) is 2.89. The summed E-state index contributed by atoms with van der Waals surface area (Å²) >= 11 is 0. The molecular weight excluding hydrogens is 280 g/mol. The van der Waals surface area contributed by atoms with E-state index >= 15 is 0 Å². The smallest absolute Gasteiger partial charge is 0.417 e. The Morgan fingerprint density at radius 2 is 2.00 bits per heavy atom. The highest BCUT2D eigenvalue weighted by Gasteiger charge is 2.38. The van der Waals surface area contributed by atoms with Gasteiger partial charge in [0.05, 0.1) is 30.4 Å². The van der Waals surface area contributed by atoms with Crippen molar-refractivity contribution in [2.45, 2.75) is 19.0 Å². The third kappa shape index (κ3) is 3.58. The molecule has 0 atom stereocenters. The zero-order valence-corrected chi connectivity index (χ0v) is 9.39. The van der Waals surface area contributed by atoms with Crippen molar-refractivity contribution >= 4 is 5.97 Å². The van der Waals surface area contributed by atoms with Crippen LogP contribution in [0.1, 0.15) is 23.2 Å². The number of hydrogen-bond donors (Lipinski definition) is 0. The minimum Gasteiger partial charge on any atom is -0.469 e. The Morgan fingerprint density at radius 1 is 1.42 bits per heavy atom. The maximum absolute atomic E-state index is 12.9. The number of hydrogen-bond acceptors (Lipinski definition) is 3. The van der Waals surface area contributed by atoms with Gasteiger partial charge in [0.2, 0.25) is 5.95 Å². The predicted molar refractivity (Wildman–Crippen MR) is 49.9 cm³/mol. The highest BCUT2D eigenvalue weighted by atomic mass is 19.4. The summed E-state index contributed by atoms with van der Waals surface area (Å²) in [6, 6.07) is -0.137. The molecule has 0 aromatic carbocycles. The highest BCUT2D eigenvalue weighted by Crippen LogP contribution is 2.38. The molecule has 1 aromatic rings. The molecule has 0 aliphatic rings. The minimum atomic E-state index is -5.18. The largest absolute Gasteiger partial charge is 0.469 e. The van der Waals surface area contributed by atoms with Crippen molar-refractivity contribution in [3.63, 3.8) is 0 Å². The van der Waals surface area contributed by atoms with E-state index in [1.807, 2.05) is 0 Å². The zero-order valence-electron chi connectivity index (χ0n) is 9.39. The second-order valence-corrected chi connectivity index (χ2v) is 3.40. The van der Waals surface area contributed by atoms with E-state index < -0.39 is 47.8 Å². The quantitative estimate of drug-likeness (QED) is 0.487. The molecular formula is C10H7F6NO2. The van der Waals surface area contributed by atoms with Crippen molar-refractivity contribution in [2.75, 3.05) is 7.11 Å². The van der Waals surface area contributed by atoms with Crippen LogP contribution in [-0.4, -0.2) is 18.1 Å². The van der Waals surface area contributed by atoms with Gasteiger partial charge in [-0.15, -0.1) is 0 Å². The maximum atomic E-state index is 12.9. The van der Waals surface area contributed by atoms with Crippen LogP contribution in [0.25, 0.3) is 0 Å². The van der Waals surface area contributed by atoms with Gasteiger partial charge < -0.3 is 4.74 Å². The van der Waals surface area contributed by atoms with E-state index in [2.05, 4.69) is 9.72 Å². The Bertz CT molecular complexity index is 486. The van der Waals surface area contributed by atoms with Crippen molar-refractivity contribution in [1.29, 1.82) is 0 Å². The van der Waals surface area contributed by atoms with E-state index in [9.17, 15) is 31.1 Å². The Labute approximate surface area is 103 Å². The van der Waals surface area contributed by atoms with Crippen LogP contribution in [0.5, 0.6) is 0 Å². The summed E-state index contributed by atoms with van der Waals surface area (Å²) in [4.78, 5) is 13.8. The molecule has 0 aliphatic heterocycles. The van der Waals surface area contributed by atoms with Gasteiger partial charge in [0, 0.05) is 6.07 Å². The van der Waals surface area contributed by atoms with Crippen LogP contribution < -0.4 is 0 Å². The van der Waals surface area contributed by atoms with Crippen LogP contribution in [-0.2, 0) is 22.1 Å². The summed E-state index contributed by atoms with van der Waals surface area (Å²) in [5.41, 5.74) is -4.36. The SMILES string of the molecule is COC(=O)Cc1nc(F)cc(C(F)(F)F)c1C(F)F. The summed E-state index contributed by atoms with van der Waals surface area (Å²) < 4.78 is 80.1. The molecule has 0 N–H and O–H groups in total. The van der Waals surface area contributed by atoms with Gasteiger partial charge in [0.1, 0.15) is 0 Å². The Hall–Kier alpha value is -1.80. The molecule has 0 saturated heterocycles. The first-order chi connectivity index (χ1) is 8.66. The average molecular weight is 287 g/mol. The van der Waals surface area contributed by atoms with Crippen molar-refractivity contribution in [3.05, 3.63) is 28.8 Å². The van der Waals surface area contributed by atoms with E-state index in [1.54, 1.807) is 0 Å². The monoisotopic (exact) mass is 287 g/mol. The number of nitrogens with zero attached hydrogens (tertiary/aromatic N) is 1. The van der Waals surface area contributed by atoms with Crippen LogP contribution in [0.15, 0.2) is 6.07 Å². The van der Waals surface area contributed by atoms with Gasteiger partial charge >= 0.3 is 12.1 Å². The van der Waals surface area contributed by atoms with Gasteiger partial charge in [-0.2, -0.15) is 17.6 Å². The van der Waals surface area contributed by atoms with Crippen molar-refractivity contribution in [3.8, 4) is 0 Å². The normalized spacial score (nSPS) is 11.8. The molecule has 19 heavy (non-hydrogen) atoms. The minimum absolute atomic E-state index is 0.137. The topological polar surface area (TPSA) is 39.2 Å². The number of pyridine rings is 1.